The molecule has 6 heteroatoms. The molecule has 1 aromatic carbocycles. The quantitative estimate of drug-likeness (QED) is 0.871. The van der Waals surface area contributed by atoms with Crippen LogP contribution in [0.1, 0.15) is 23.6 Å². The Morgan fingerprint density at radius 2 is 1.88 bits per heavy atom. The number of benzene rings is 1. The summed E-state index contributed by atoms with van der Waals surface area (Å²) in [4.78, 5) is 0. The van der Waals surface area contributed by atoms with Crippen molar-refractivity contribution in [3.8, 4) is 0 Å². The van der Waals surface area contributed by atoms with Gasteiger partial charge in [0.05, 0.1) is 5.56 Å². The largest absolute Gasteiger partial charge is 0.416 e. The molecule has 0 unspecified atom stereocenters. The van der Waals surface area contributed by atoms with Gasteiger partial charge in [0.1, 0.15) is 0 Å². The van der Waals surface area contributed by atoms with E-state index in [9.17, 15) is 13.2 Å². The highest BCUT2D eigenvalue weighted by Gasteiger charge is 2.30. The molecule has 0 saturated heterocycles. The minimum atomic E-state index is -4.32. The van der Waals surface area contributed by atoms with Gasteiger partial charge in [0.2, 0.25) is 0 Å². The molecule has 0 aliphatic carbocycles. The fraction of sp³-hybridized carbons (Fsp3) is 0.400. The molecule has 0 radical (unpaired) electrons. The summed E-state index contributed by atoms with van der Waals surface area (Å²) < 4.78 is 37.1. The molecule has 1 aromatic rings. The number of hydrogen-bond acceptors (Lipinski definition) is 2. The van der Waals surface area contributed by atoms with E-state index in [-0.39, 0.29) is 12.4 Å². The Morgan fingerprint density at radius 3 is 2.38 bits per heavy atom. The summed E-state index contributed by atoms with van der Waals surface area (Å²) in [5, 5.41) is 0. The molecule has 4 N–H and O–H groups in total. The molecule has 0 aliphatic heterocycles. The second-order valence-electron chi connectivity index (χ2n) is 3.31. The van der Waals surface area contributed by atoms with E-state index in [4.69, 9.17) is 11.5 Å². The molecule has 0 aliphatic rings. The van der Waals surface area contributed by atoms with Gasteiger partial charge in [-0.25, -0.2) is 0 Å². The van der Waals surface area contributed by atoms with E-state index in [1.54, 1.807) is 6.07 Å². The number of halogens is 4. The highest BCUT2D eigenvalue weighted by molar-refractivity contribution is 5.85. The van der Waals surface area contributed by atoms with Crippen molar-refractivity contribution in [1.82, 2.24) is 0 Å². The lowest BCUT2D eigenvalue weighted by molar-refractivity contribution is -0.137. The highest BCUT2D eigenvalue weighted by atomic mass is 35.5. The predicted molar refractivity (Wildman–Crippen MR) is 59.3 cm³/mol. The Morgan fingerprint density at radius 1 is 1.25 bits per heavy atom. The van der Waals surface area contributed by atoms with Crippen molar-refractivity contribution in [2.75, 3.05) is 6.54 Å². The van der Waals surface area contributed by atoms with Crippen molar-refractivity contribution < 1.29 is 13.2 Å². The zero-order chi connectivity index (χ0) is 11.5. The Hall–Kier alpha value is -0.780. The van der Waals surface area contributed by atoms with Crippen LogP contribution in [0.4, 0.5) is 13.2 Å². The molecule has 0 heterocycles. The first-order valence-electron chi connectivity index (χ1n) is 4.58. The van der Waals surface area contributed by atoms with Crippen LogP contribution >= 0.6 is 12.4 Å². The van der Waals surface area contributed by atoms with Gasteiger partial charge in [0.15, 0.2) is 0 Å². The summed E-state index contributed by atoms with van der Waals surface area (Å²) in [5.41, 5.74) is 10.8. The number of rotatable bonds is 3. The van der Waals surface area contributed by atoms with Gasteiger partial charge >= 0.3 is 6.18 Å². The maximum absolute atomic E-state index is 12.4. The molecule has 0 spiro atoms. The molecule has 0 fully saturated rings. The van der Waals surface area contributed by atoms with Crippen LogP contribution < -0.4 is 11.5 Å². The minimum Gasteiger partial charge on any atom is -0.330 e. The molecule has 0 saturated carbocycles. The highest BCUT2D eigenvalue weighted by Crippen LogP contribution is 2.30. The summed E-state index contributed by atoms with van der Waals surface area (Å²) in [7, 11) is 0. The zero-order valence-electron chi connectivity index (χ0n) is 8.50. The Balaban J connectivity index is 0.00000225. The summed E-state index contributed by atoms with van der Waals surface area (Å²) in [5.74, 6) is 0. The van der Waals surface area contributed by atoms with Gasteiger partial charge in [-0.15, -0.1) is 12.4 Å². The zero-order valence-corrected chi connectivity index (χ0v) is 9.31. The fourth-order valence-corrected chi connectivity index (χ4v) is 1.29. The number of alkyl halides is 3. The van der Waals surface area contributed by atoms with E-state index < -0.39 is 17.8 Å². The molecular weight excluding hydrogens is 241 g/mol. The van der Waals surface area contributed by atoms with E-state index >= 15 is 0 Å². The summed E-state index contributed by atoms with van der Waals surface area (Å²) in [6.45, 7) is 0.359. The number of nitrogens with two attached hydrogens (primary N) is 2. The van der Waals surface area contributed by atoms with Gasteiger partial charge < -0.3 is 11.5 Å². The summed E-state index contributed by atoms with van der Waals surface area (Å²) in [6.07, 6.45) is -3.85. The minimum absolute atomic E-state index is 0. The summed E-state index contributed by atoms with van der Waals surface area (Å²) >= 11 is 0. The molecule has 0 amide bonds. The molecule has 92 valence electrons. The molecular formula is C10H14ClF3N2. The second-order valence-corrected chi connectivity index (χ2v) is 3.31. The van der Waals surface area contributed by atoms with Crippen molar-refractivity contribution in [3.05, 3.63) is 35.4 Å². The third-order valence-corrected chi connectivity index (χ3v) is 2.12. The lowest BCUT2D eigenvalue weighted by Crippen LogP contribution is -2.16. The molecule has 0 bridgehead atoms. The van der Waals surface area contributed by atoms with Gasteiger partial charge in [0.25, 0.3) is 0 Å². The van der Waals surface area contributed by atoms with Crippen LogP contribution in [-0.2, 0) is 6.18 Å². The molecule has 1 atom stereocenters. The maximum Gasteiger partial charge on any atom is 0.416 e. The van der Waals surface area contributed by atoms with Gasteiger partial charge in [-0.05, 0) is 30.7 Å². The first kappa shape index (κ1) is 15.2. The van der Waals surface area contributed by atoms with Crippen LogP contribution in [0.15, 0.2) is 24.3 Å². The molecule has 1 rings (SSSR count). The third kappa shape index (κ3) is 4.00. The lowest BCUT2D eigenvalue weighted by atomic mass is 10.0. The van der Waals surface area contributed by atoms with Crippen molar-refractivity contribution in [1.29, 1.82) is 0 Å². The molecule has 16 heavy (non-hydrogen) atoms. The van der Waals surface area contributed by atoms with Crippen molar-refractivity contribution >= 4 is 12.4 Å². The van der Waals surface area contributed by atoms with Crippen molar-refractivity contribution in [2.24, 2.45) is 11.5 Å². The van der Waals surface area contributed by atoms with Crippen molar-refractivity contribution in [3.63, 3.8) is 0 Å². The average Bonchev–Trinajstić information content (AvgIpc) is 2.17. The third-order valence-electron chi connectivity index (χ3n) is 2.12. The molecule has 0 aromatic heterocycles. The first-order valence-corrected chi connectivity index (χ1v) is 4.58. The monoisotopic (exact) mass is 254 g/mol. The fourth-order valence-electron chi connectivity index (χ4n) is 1.29. The normalized spacial score (nSPS) is 13.1. The van der Waals surface area contributed by atoms with E-state index in [1.807, 2.05) is 0 Å². The van der Waals surface area contributed by atoms with Crippen LogP contribution in [-0.4, -0.2) is 6.54 Å². The lowest BCUT2D eigenvalue weighted by Gasteiger charge is -2.13. The maximum atomic E-state index is 12.4. The van der Waals surface area contributed by atoms with Gasteiger partial charge in [-0.3, -0.25) is 0 Å². The van der Waals surface area contributed by atoms with Crippen molar-refractivity contribution in [2.45, 2.75) is 18.6 Å². The second kappa shape index (κ2) is 6.08. The predicted octanol–water partition coefficient (Wildman–Crippen LogP) is 2.48. The van der Waals surface area contributed by atoms with Gasteiger partial charge in [0, 0.05) is 6.04 Å². The standard InChI is InChI=1S/C10H13F3N2.ClH/c11-10(12,13)8-3-1-2-7(6-8)9(15)4-5-14;/h1-3,6,9H,4-5,14-15H2;1H/t9-;/m1./s1. The van der Waals surface area contributed by atoms with E-state index in [0.29, 0.717) is 18.5 Å². The van der Waals surface area contributed by atoms with Gasteiger partial charge in [-0.2, -0.15) is 13.2 Å². The molecule has 2 nitrogen and oxygen atoms in total. The van der Waals surface area contributed by atoms with Crippen LogP contribution in [0.3, 0.4) is 0 Å². The van der Waals surface area contributed by atoms with E-state index in [0.717, 1.165) is 12.1 Å². The topological polar surface area (TPSA) is 52.0 Å². The van der Waals surface area contributed by atoms with Gasteiger partial charge in [-0.1, -0.05) is 12.1 Å². The Kier molecular flexibility index (Phi) is 5.78. The van der Waals surface area contributed by atoms with Crippen LogP contribution in [0.25, 0.3) is 0 Å². The smallest absolute Gasteiger partial charge is 0.330 e. The first-order chi connectivity index (χ1) is 6.95. The van der Waals surface area contributed by atoms with Crippen LogP contribution in [0.5, 0.6) is 0 Å². The van der Waals surface area contributed by atoms with Crippen LogP contribution in [0.2, 0.25) is 0 Å². The van der Waals surface area contributed by atoms with Crippen LogP contribution in [0, 0.1) is 0 Å². The number of hydrogen-bond donors (Lipinski definition) is 2. The van der Waals surface area contributed by atoms with E-state index in [1.165, 1.54) is 6.07 Å². The Labute approximate surface area is 98.2 Å². The summed E-state index contributed by atoms with van der Waals surface area (Å²) in [6, 6.07) is 4.60. The Bertz CT molecular complexity index is 328. The van der Waals surface area contributed by atoms with E-state index in [2.05, 4.69) is 0 Å². The SMILES string of the molecule is Cl.NCC[C@@H](N)c1cccc(C(F)(F)F)c1. The average molecular weight is 255 g/mol.